The molecule has 3 aromatic rings. The van der Waals surface area contributed by atoms with E-state index >= 15 is 0 Å². The van der Waals surface area contributed by atoms with E-state index in [1.807, 2.05) is 0 Å². The first kappa shape index (κ1) is 28.1. The summed E-state index contributed by atoms with van der Waals surface area (Å²) in [5.74, 6) is -1.20. The van der Waals surface area contributed by atoms with Crippen molar-refractivity contribution >= 4 is 28.2 Å². The average Bonchev–Trinajstić information content (AvgIpc) is 2.91. The molecule has 0 aliphatic rings. The number of carbonyl (C=O) groups is 1. The summed E-state index contributed by atoms with van der Waals surface area (Å²) in [6.45, 7) is 0.936. The van der Waals surface area contributed by atoms with E-state index in [1.54, 1.807) is 62.5 Å². The Morgan fingerprint density at radius 2 is 1.59 bits per heavy atom. The second-order valence-corrected chi connectivity index (χ2v) is 8.82. The van der Waals surface area contributed by atoms with Gasteiger partial charge in [-0.3, -0.25) is 9.59 Å². The largest absolute Gasteiger partial charge is 0.506 e. The van der Waals surface area contributed by atoms with Crippen LogP contribution in [0.4, 0.5) is 11.4 Å². The Labute approximate surface area is 213 Å². The number of fused-ring (bicyclic) bond motifs is 1. The maximum absolute atomic E-state index is 13.5. The molecule has 0 saturated heterocycles. The summed E-state index contributed by atoms with van der Waals surface area (Å²) < 4.78 is 1.26. The molecule has 1 heterocycles. The number of aromatic nitrogens is 1. The van der Waals surface area contributed by atoms with Gasteiger partial charge in [-0.25, -0.2) is 0 Å². The monoisotopic (exact) mass is 515 g/mol. The lowest BCUT2D eigenvalue weighted by molar-refractivity contribution is -0.112. The molecule has 4 unspecified atom stereocenters. The summed E-state index contributed by atoms with van der Waals surface area (Å²) in [4.78, 5) is 29.6. The first-order valence-electron chi connectivity index (χ1n) is 11.8. The zero-order chi connectivity index (χ0) is 27.4. The third-order valence-electron chi connectivity index (χ3n) is 6.41. The van der Waals surface area contributed by atoms with Crippen molar-refractivity contribution in [1.82, 2.24) is 4.57 Å². The summed E-state index contributed by atoms with van der Waals surface area (Å²) in [5, 5.41) is 60.6. The molecule has 6 N–H and O–H groups in total. The van der Waals surface area contributed by atoms with Gasteiger partial charge in [-0.15, -0.1) is 0 Å². The molecule has 0 aliphatic heterocycles. The quantitative estimate of drug-likeness (QED) is 0.214. The molecule has 0 saturated carbocycles. The molecular formula is C26H33N3O8. The topological polar surface area (TPSA) is 167 Å². The average molecular weight is 516 g/mol. The molecule has 37 heavy (non-hydrogen) atoms. The molecule has 0 radical (unpaired) electrons. The predicted molar refractivity (Wildman–Crippen MR) is 139 cm³/mol. The third kappa shape index (κ3) is 5.45. The maximum Gasteiger partial charge on any atom is 0.267 e. The van der Waals surface area contributed by atoms with Crippen LogP contribution in [0.15, 0.2) is 53.3 Å². The maximum atomic E-state index is 13.5. The van der Waals surface area contributed by atoms with Crippen LogP contribution in [0.3, 0.4) is 0 Å². The standard InChI is InChI=1S/C26H33N3O8/c1-4-29(15-9-6-5-7-10-15)26(37)21-24(35)20-16(11-8-12-17(20)28(3)25(21)36)27(2)13-18(31)22(33)23(34)19(32)14-30/h5-12,18-19,22-23,30-35H,4,13-14H2,1-3H3. The number of hydrogen-bond acceptors (Lipinski definition) is 9. The molecule has 4 atom stereocenters. The van der Waals surface area contributed by atoms with E-state index in [1.165, 1.54) is 21.4 Å². The minimum Gasteiger partial charge on any atom is -0.506 e. The van der Waals surface area contributed by atoms with Crippen molar-refractivity contribution in [3.63, 3.8) is 0 Å². The number of anilines is 2. The molecule has 11 nitrogen and oxygen atoms in total. The van der Waals surface area contributed by atoms with Gasteiger partial charge in [0.05, 0.1) is 23.6 Å². The highest BCUT2D eigenvalue weighted by Crippen LogP contribution is 2.35. The summed E-state index contributed by atoms with van der Waals surface area (Å²) in [6, 6.07) is 13.6. The van der Waals surface area contributed by atoms with Crippen molar-refractivity contribution in [2.75, 3.05) is 36.5 Å². The van der Waals surface area contributed by atoms with E-state index in [2.05, 4.69) is 0 Å². The molecular weight excluding hydrogens is 482 g/mol. The number of nitrogens with zero attached hydrogens (tertiary/aromatic N) is 3. The molecule has 1 amide bonds. The highest BCUT2D eigenvalue weighted by molar-refractivity contribution is 6.12. The van der Waals surface area contributed by atoms with E-state index in [4.69, 9.17) is 5.11 Å². The van der Waals surface area contributed by atoms with Gasteiger partial charge in [-0.1, -0.05) is 24.3 Å². The second kappa shape index (κ2) is 11.7. The number of likely N-dealkylation sites (N-methyl/N-ethyl adjacent to an activating group) is 1. The first-order valence-corrected chi connectivity index (χ1v) is 11.8. The van der Waals surface area contributed by atoms with Gasteiger partial charge in [-0.2, -0.15) is 0 Å². The van der Waals surface area contributed by atoms with E-state index in [-0.39, 0.29) is 18.5 Å². The van der Waals surface area contributed by atoms with Gasteiger partial charge in [0.1, 0.15) is 29.6 Å². The van der Waals surface area contributed by atoms with Crippen LogP contribution in [-0.2, 0) is 7.05 Å². The summed E-state index contributed by atoms with van der Waals surface area (Å²) in [6.07, 6.45) is -6.78. The lowest BCUT2D eigenvalue weighted by Gasteiger charge is -2.30. The van der Waals surface area contributed by atoms with Gasteiger partial charge in [0.25, 0.3) is 11.5 Å². The number of aryl methyl sites for hydroxylation is 1. The number of aromatic hydroxyl groups is 1. The SMILES string of the molecule is CCN(C(=O)c1c(O)c2c(N(C)CC(O)C(O)C(O)C(O)CO)cccc2n(C)c1=O)c1ccccc1. The third-order valence-corrected chi connectivity index (χ3v) is 6.41. The van der Waals surface area contributed by atoms with Crippen LogP contribution in [0.5, 0.6) is 5.75 Å². The minimum absolute atomic E-state index is 0.178. The molecule has 0 spiro atoms. The van der Waals surface area contributed by atoms with Crippen molar-refractivity contribution in [3.8, 4) is 5.75 Å². The van der Waals surface area contributed by atoms with Gasteiger partial charge in [0.2, 0.25) is 0 Å². The number of para-hydroxylation sites is 1. The predicted octanol–water partition coefficient (Wildman–Crippen LogP) is -0.217. The number of carbonyl (C=O) groups excluding carboxylic acids is 1. The van der Waals surface area contributed by atoms with Crippen LogP contribution >= 0.6 is 0 Å². The normalized spacial score (nSPS) is 14.7. The molecule has 2 aromatic carbocycles. The number of amides is 1. The van der Waals surface area contributed by atoms with Crippen LogP contribution < -0.4 is 15.4 Å². The van der Waals surface area contributed by atoms with Crippen LogP contribution in [-0.4, -0.2) is 92.3 Å². The number of hydrogen-bond donors (Lipinski definition) is 6. The van der Waals surface area contributed by atoms with Gasteiger partial charge in [-0.05, 0) is 31.2 Å². The van der Waals surface area contributed by atoms with Crippen molar-refractivity contribution in [1.29, 1.82) is 0 Å². The van der Waals surface area contributed by atoms with E-state index in [0.717, 1.165) is 0 Å². The Kier molecular flexibility index (Phi) is 8.89. The molecule has 1 aromatic heterocycles. The fraction of sp³-hybridized carbons (Fsp3) is 0.385. The Bertz CT molecular complexity index is 1300. The fourth-order valence-corrected chi connectivity index (χ4v) is 4.30. The smallest absolute Gasteiger partial charge is 0.267 e. The molecule has 0 fully saturated rings. The Balaban J connectivity index is 2.08. The van der Waals surface area contributed by atoms with E-state index in [0.29, 0.717) is 16.9 Å². The van der Waals surface area contributed by atoms with Crippen LogP contribution in [0.1, 0.15) is 17.3 Å². The van der Waals surface area contributed by atoms with Gasteiger partial charge in [0.15, 0.2) is 0 Å². The number of aliphatic hydroxyl groups is 5. The van der Waals surface area contributed by atoms with E-state index < -0.39 is 53.8 Å². The molecule has 200 valence electrons. The van der Waals surface area contributed by atoms with Crippen molar-refractivity contribution in [2.24, 2.45) is 7.05 Å². The van der Waals surface area contributed by atoms with Crippen molar-refractivity contribution in [2.45, 2.75) is 31.3 Å². The van der Waals surface area contributed by atoms with Crippen LogP contribution in [0.2, 0.25) is 0 Å². The summed E-state index contributed by atoms with van der Waals surface area (Å²) in [5.41, 5.74) is 0.134. The zero-order valence-electron chi connectivity index (χ0n) is 20.9. The number of rotatable bonds is 10. The molecule has 3 rings (SSSR count). The van der Waals surface area contributed by atoms with Crippen molar-refractivity contribution < 1.29 is 35.4 Å². The minimum atomic E-state index is -1.79. The van der Waals surface area contributed by atoms with Crippen LogP contribution in [0, 0.1) is 0 Å². The van der Waals surface area contributed by atoms with Crippen molar-refractivity contribution in [3.05, 3.63) is 64.4 Å². The lowest BCUT2D eigenvalue weighted by Crippen LogP contribution is -2.49. The van der Waals surface area contributed by atoms with Crippen LogP contribution in [0.25, 0.3) is 10.9 Å². The number of aliphatic hydroxyl groups excluding tert-OH is 5. The Morgan fingerprint density at radius 3 is 2.19 bits per heavy atom. The summed E-state index contributed by atoms with van der Waals surface area (Å²) in [7, 11) is 3.03. The number of pyridine rings is 1. The highest BCUT2D eigenvalue weighted by atomic mass is 16.4. The zero-order valence-corrected chi connectivity index (χ0v) is 20.9. The lowest BCUT2D eigenvalue weighted by atomic mass is 10.0. The summed E-state index contributed by atoms with van der Waals surface area (Å²) >= 11 is 0. The molecule has 0 bridgehead atoms. The molecule has 11 heteroatoms. The number of benzene rings is 2. The fourth-order valence-electron chi connectivity index (χ4n) is 4.30. The Morgan fingerprint density at radius 1 is 0.973 bits per heavy atom. The van der Waals surface area contributed by atoms with Gasteiger partial charge >= 0.3 is 0 Å². The highest BCUT2D eigenvalue weighted by Gasteiger charge is 2.32. The molecule has 0 aliphatic carbocycles. The second-order valence-electron chi connectivity index (χ2n) is 8.82. The van der Waals surface area contributed by atoms with Gasteiger partial charge in [0, 0.05) is 38.6 Å². The Hall–Kier alpha value is -3.48. The van der Waals surface area contributed by atoms with Gasteiger partial charge < -0.3 is 45.0 Å². The first-order chi connectivity index (χ1) is 17.5. The van der Waals surface area contributed by atoms with E-state index in [9.17, 15) is 35.1 Å².